The third-order valence-corrected chi connectivity index (χ3v) is 11.0. The number of carbonyl (C=O) groups excluding carboxylic acids is 1. The van der Waals surface area contributed by atoms with Crippen LogP contribution in [0, 0.1) is 27.7 Å². The highest BCUT2D eigenvalue weighted by Crippen LogP contribution is 2.43. The number of rotatable bonds is 12. The number of benzene rings is 3. The molecule has 0 bridgehead atoms. The molecule has 232 valence electrons. The fourth-order valence-electron chi connectivity index (χ4n) is 5.89. The Hall–Kier alpha value is -1.60. The summed E-state index contributed by atoms with van der Waals surface area (Å²) < 4.78 is 1.79. The molecule has 1 heterocycles. The standard InChI is InChI=1S/C35H42Cl3N2OS.BrH/c1-7-40(8-2,22-28-18-23(3)17-24(4)19-28)16-10-9-15-39(21-27-12-11-25(5)26(6)20-27)35(41)34-32(38)31-29(36)13-14-30(37)33(31)42-34;/h11-14,17-20H,7-10,15-16,21-22H2,1-6H3;1H/q+1;/p-1. The predicted molar refractivity (Wildman–Crippen MR) is 183 cm³/mol. The van der Waals surface area contributed by atoms with Crippen LogP contribution in [0.1, 0.15) is 69.7 Å². The van der Waals surface area contributed by atoms with Crippen molar-refractivity contribution in [1.82, 2.24) is 4.90 Å². The SMILES string of the molecule is CC[N+](CC)(CCCCN(Cc1ccc(C)c(C)c1)C(=O)c1sc2c(Cl)ccc(Cl)c2c1Cl)Cc1cc(C)cc(C)c1.[Br-]. The van der Waals surface area contributed by atoms with Gasteiger partial charge < -0.3 is 26.4 Å². The number of halogens is 4. The summed E-state index contributed by atoms with van der Waals surface area (Å²) in [7, 11) is 0. The number of hydrogen-bond acceptors (Lipinski definition) is 2. The summed E-state index contributed by atoms with van der Waals surface area (Å²) in [6.45, 7) is 18.6. The average molecular weight is 725 g/mol. The monoisotopic (exact) mass is 722 g/mol. The summed E-state index contributed by atoms with van der Waals surface area (Å²) in [6.07, 6.45) is 1.94. The van der Waals surface area contributed by atoms with E-state index < -0.39 is 0 Å². The van der Waals surface area contributed by atoms with E-state index in [9.17, 15) is 4.79 Å². The molecular formula is C35H42BrCl3N2OS. The molecule has 1 aromatic heterocycles. The highest BCUT2D eigenvalue weighted by atomic mass is 79.9. The van der Waals surface area contributed by atoms with E-state index in [1.54, 1.807) is 12.1 Å². The molecule has 0 aliphatic carbocycles. The maximum Gasteiger partial charge on any atom is 0.265 e. The number of carbonyl (C=O) groups is 1. The van der Waals surface area contributed by atoms with Crippen molar-refractivity contribution in [2.75, 3.05) is 26.2 Å². The zero-order chi connectivity index (χ0) is 30.6. The van der Waals surface area contributed by atoms with E-state index >= 15 is 0 Å². The van der Waals surface area contributed by atoms with Crippen LogP contribution in [-0.4, -0.2) is 41.5 Å². The second kappa shape index (κ2) is 15.6. The molecule has 0 atom stereocenters. The lowest BCUT2D eigenvalue weighted by Crippen LogP contribution is -3.00. The van der Waals surface area contributed by atoms with Gasteiger partial charge in [-0.15, -0.1) is 11.3 Å². The second-order valence-electron chi connectivity index (χ2n) is 11.7. The molecule has 4 aromatic rings. The number of nitrogens with zero attached hydrogens (tertiary/aromatic N) is 2. The molecule has 3 nitrogen and oxygen atoms in total. The third-order valence-electron chi connectivity index (χ3n) is 8.56. The van der Waals surface area contributed by atoms with Crippen LogP contribution in [0.25, 0.3) is 10.1 Å². The summed E-state index contributed by atoms with van der Waals surface area (Å²) >= 11 is 21.1. The predicted octanol–water partition coefficient (Wildman–Crippen LogP) is 7.58. The van der Waals surface area contributed by atoms with Gasteiger partial charge in [0.1, 0.15) is 11.4 Å². The van der Waals surface area contributed by atoms with Crippen molar-refractivity contribution >= 4 is 62.1 Å². The number of thiophene rings is 1. The highest BCUT2D eigenvalue weighted by molar-refractivity contribution is 7.22. The highest BCUT2D eigenvalue weighted by Gasteiger charge is 2.27. The van der Waals surface area contributed by atoms with Gasteiger partial charge in [-0.25, -0.2) is 0 Å². The van der Waals surface area contributed by atoms with Gasteiger partial charge in [0, 0.05) is 24.0 Å². The maximum atomic E-state index is 14.1. The Morgan fingerprint density at radius 3 is 2.07 bits per heavy atom. The fourth-order valence-corrected chi connectivity index (χ4v) is 8.06. The minimum atomic E-state index is -0.0754. The molecule has 0 aliphatic rings. The number of quaternary nitrogens is 1. The first-order valence-electron chi connectivity index (χ1n) is 14.8. The largest absolute Gasteiger partial charge is 1.00 e. The van der Waals surface area contributed by atoms with Gasteiger partial charge in [-0.2, -0.15) is 0 Å². The zero-order valence-corrected chi connectivity index (χ0v) is 30.7. The van der Waals surface area contributed by atoms with Gasteiger partial charge in [0.05, 0.1) is 39.4 Å². The van der Waals surface area contributed by atoms with E-state index in [0.29, 0.717) is 38.4 Å². The molecule has 3 aromatic carbocycles. The molecular weight excluding hydrogens is 683 g/mol. The van der Waals surface area contributed by atoms with Gasteiger partial charge in [-0.1, -0.05) is 82.3 Å². The van der Waals surface area contributed by atoms with Crippen molar-refractivity contribution in [3.05, 3.63) is 102 Å². The molecule has 0 unspecified atom stereocenters. The van der Waals surface area contributed by atoms with Crippen LogP contribution in [0.5, 0.6) is 0 Å². The fraction of sp³-hybridized carbons (Fsp3) is 0.400. The first-order valence-corrected chi connectivity index (χ1v) is 16.8. The van der Waals surface area contributed by atoms with Gasteiger partial charge in [0.15, 0.2) is 0 Å². The average Bonchev–Trinajstić information content (AvgIpc) is 3.31. The minimum Gasteiger partial charge on any atom is -1.00 e. The van der Waals surface area contributed by atoms with E-state index in [4.69, 9.17) is 34.8 Å². The van der Waals surface area contributed by atoms with Gasteiger partial charge in [-0.05, 0) is 83.2 Å². The summed E-state index contributed by atoms with van der Waals surface area (Å²) in [5, 5.41) is 2.11. The minimum absolute atomic E-state index is 0. The van der Waals surface area contributed by atoms with Gasteiger partial charge in [0.25, 0.3) is 5.91 Å². The Balaban J connectivity index is 0.00000506. The van der Waals surface area contributed by atoms with Crippen LogP contribution >= 0.6 is 46.1 Å². The van der Waals surface area contributed by atoms with Gasteiger partial charge in [0.2, 0.25) is 0 Å². The van der Waals surface area contributed by atoms with E-state index in [-0.39, 0.29) is 22.9 Å². The number of unbranched alkanes of at least 4 members (excludes halogenated alkanes) is 1. The van der Waals surface area contributed by atoms with Crippen molar-refractivity contribution in [2.45, 2.75) is 67.5 Å². The van der Waals surface area contributed by atoms with Crippen molar-refractivity contribution < 1.29 is 26.3 Å². The van der Waals surface area contributed by atoms with Crippen LogP contribution in [-0.2, 0) is 13.1 Å². The Morgan fingerprint density at radius 1 is 0.814 bits per heavy atom. The first-order chi connectivity index (χ1) is 20.0. The van der Waals surface area contributed by atoms with Crippen molar-refractivity contribution in [1.29, 1.82) is 0 Å². The number of fused-ring (bicyclic) bond motifs is 1. The van der Waals surface area contributed by atoms with Crippen LogP contribution < -0.4 is 17.0 Å². The maximum absolute atomic E-state index is 14.1. The van der Waals surface area contributed by atoms with Crippen molar-refractivity contribution in [3.63, 3.8) is 0 Å². The number of amides is 1. The lowest BCUT2D eigenvalue weighted by atomic mass is 10.1. The van der Waals surface area contributed by atoms with Crippen LogP contribution in [0.4, 0.5) is 0 Å². The molecule has 1 amide bonds. The van der Waals surface area contributed by atoms with Crippen molar-refractivity contribution in [3.8, 4) is 0 Å². The Morgan fingerprint density at radius 2 is 1.47 bits per heavy atom. The lowest BCUT2D eigenvalue weighted by molar-refractivity contribution is -0.938. The van der Waals surface area contributed by atoms with Crippen LogP contribution in [0.15, 0.2) is 48.5 Å². The second-order valence-corrected chi connectivity index (χ2v) is 13.9. The summed E-state index contributed by atoms with van der Waals surface area (Å²) in [6, 6.07) is 16.8. The number of hydrogen-bond donors (Lipinski definition) is 0. The molecule has 0 spiro atoms. The van der Waals surface area contributed by atoms with Crippen molar-refractivity contribution in [2.24, 2.45) is 0 Å². The summed E-state index contributed by atoms with van der Waals surface area (Å²) in [5.41, 5.74) is 7.61. The molecule has 4 rings (SSSR count). The Labute approximate surface area is 287 Å². The van der Waals surface area contributed by atoms with E-state index in [0.717, 1.165) is 53.8 Å². The molecule has 8 heteroatoms. The molecule has 0 saturated heterocycles. The Bertz CT molecular complexity index is 1560. The Kier molecular flexibility index (Phi) is 13.0. The third kappa shape index (κ3) is 8.56. The van der Waals surface area contributed by atoms with Crippen LogP contribution in [0.2, 0.25) is 15.1 Å². The van der Waals surface area contributed by atoms with E-state index in [2.05, 4.69) is 77.9 Å². The van der Waals surface area contributed by atoms with Crippen LogP contribution in [0.3, 0.4) is 0 Å². The van der Waals surface area contributed by atoms with E-state index in [1.807, 2.05) is 4.90 Å². The lowest BCUT2D eigenvalue weighted by Gasteiger charge is -2.37. The van der Waals surface area contributed by atoms with Gasteiger partial charge in [-0.3, -0.25) is 4.79 Å². The summed E-state index contributed by atoms with van der Waals surface area (Å²) in [5.74, 6) is -0.0754. The smallest absolute Gasteiger partial charge is 0.265 e. The van der Waals surface area contributed by atoms with E-state index in [1.165, 1.54) is 39.2 Å². The topological polar surface area (TPSA) is 20.3 Å². The first kappa shape index (κ1) is 35.9. The molecule has 43 heavy (non-hydrogen) atoms. The molecule has 0 aliphatic heterocycles. The summed E-state index contributed by atoms with van der Waals surface area (Å²) in [4.78, 5) is 16.5. The molecule has 0 fully saturated rings. The normalized spacial score (nSPS) is 11.6. The molecule has 0 saturated carbocycles. The molecule has 0 radical (unpaired) electrons. The quantitative estimate of drug-likeness (QED) is 0.109. The zero-order valence-electron chi connectivity index (χ0n) is 26.0. The van der Waals surface area contributed by atoms with Gasteiger partial charge >= 0.3 is 0 Å². The number of aryl methyl sites for hydroxylation is 4. The molecule has 0 N–H and O–H groups in total.